The van der Waals surface area contributed by atoms with Gasteiger partial charge in [-0.1, -0.05) is 0 Å². The maximum atomic E-state index is 11.2. The van der Waals surface area contributed by atoms with Crippen LogP contribution in [0.25, 0.3) is 0 Å². The van der Waals surface area contributed by atoms with Gasteiger partial charge in [0.25, 0.3) is 0 Å². The van der Waals surface area contributed by atoms with Crippen molar-refractivity contribution in [3.8, 4) is 5.88 Å². The van der Waals surface area contributed by atoms with Crippen LogP contribution in [-0.2, 0) is 9.53 Å². The molecule has 0 fully saturated rings. The van der Waals surface area contributed by atoms with Crippen LogP contribution in [0.3, 0.4) is 0 Å². The maximum Gasteiger partial charge on any atom is 0.325 e. The van der Waals surface area contributed by atoms with E-state index in [0.717, 1.165) is 5.56 Å². The predicted octanol–water partition coefficient (Wildman–Crippen LogP) is 0.956. The Morgan fingerprint density at radius 3 is 2.88 bits per heavy atom. The number of pyridine rings is 1. The summed E-state index contributed by atoms with van der Waals surface area (Å²) in [6, 6.07) is 1.78. The van der Waals surface area contributed by atoms with Gasteiger partial charge in [0, 0.05) is 5.56 Å². The van der Waals surface area contributed by atoms with Gasteiger partial charge in [0.1, 0.15) is 6.54 Å². The van der Waals surface area contributed by atoms with Gasteiger partial charge < -0.3 is 20.5 Å². The molecule has 6 nitrogen and oxygen atoms in total. The summed E-state index contributed by atoms with van der Waals surface area (Å²) in [5.74, 6) is 0.432. The number of carbonyl (C=O) groups excluding carboxylic acids is 1. The van der Waals surface area contributed by atoms with Crippen molar-refractivity contribution in [2.24, 2.45) is 0 Å². The molecule has 0 amide bonds. The summed E-state index contributed by atoms with van der Waals surface area (Å²) in [6.07, 6.45) is 0. The van der Waals surface area contributed by atoms with E-state index in [1.165, 1.54) is 7.11 Å². The zero-order valence-electron chi connectivity index (χ0n) is 10.2. The van der Waals surface area contributed by atoms with Crippen molar-refractivity contribution in [1.82, 2.24) is 4.98 Å². The lowest BCUT2D eigenvalue weighted by molar-refractivity contribution is -0.140. The van der Waals surface area contributed by atoms with Gasteiger partial charge in [-0.2, -0.15) is 4.98 Å². The molecule has 0 aliphatic carbocycles. The number of nitrogen functional groups attached to an aromatic ring is 1. The van der Waals surface area contributed by atoms with E-state index < -0.39 is 0 Å². The molecule has 0 aliphatic heterocycles. The molecular weight excluding hydrogens is 222 g/mol. The summed E-state index contributed by atoms with van der Waals surface area (Å²) in [4.78, 5) is 15.2. The van der Waals surface area contributed by atoms with Crippen molar-refractivity contribution < 1.29 is 14.3 Å². The Morgan fingerprint density at radius 2 is 2.29 bits per heavy atom. The summed E-state index contributed by atoms with van der Waals surface area (Å²) in [5, 5.41) is 2.87. The summed E-state index contributed by atoms with van der Waals surface area (Å²) in [7, 11) is 1.53. The fraction of sp³-hybridized carbons (Fsp3) is 0.455. The van der Waals surface area contributed by atoms with Crippen LogP contribution in [0.15, 0.2) is 6.07 Å². The SMILES string of the molecule is CCOC(=O)CNc1cc(C)c(OC)nc1N. The fourth-order valence-electron chi connectivity index (χ4n) is 1.34. The number of esters is 1. The maximum absolute atomic E-state index is 11.2. The summed E-state index contributed by atoms with van der Waals surface area (Å²) in [6.45, 7) is 4.02. The van der Waals surface area contributed by atoms with Crippen LogP contribution in [0.4, 0.5) is 11.5 Å². The Balaban J connectivity index is 2.72. The third-order valence-corrected chi connectivity index (χ3v) is 2.12. The van der Waals surface area contributed by atoms with E-state index >= 15 is 0 Å². The molecule has 0 atom stereocenters. The molecule has 0 saturated carbocycles. The molecule has 0 saturated heterocycles. The van der Waals surface area contributed by atoms with E-state index in [0.29, 0.717) is 18.2 Å². The van der Waals surface area contributed by atoms with Crippen molar-refractivity contribution in [2.75, 3.05) is 31.3 Å². The predicted molar refractivity (Wildman–Crippen MR) is 65.1 cm³/mol. The quantitative estimate of drug-likeness (QED) is 0.744. The monoisotopic (exact) mass is 239 g/mol. The van der Waals surface area contributed by atoms with E-state index in [4.69, 9.17) is 15.2 Å². The highest BCUT2D eigenvalue weighted by Gasteiger charge is 2.08. The van der Waals surface area contributed by atoms with E-state index in [1.54, 1.807) is 13.0 Å². The first kappa shape index (κ1) is 13.1. The average molecular weight is 239 g/mol. The van der Waals surface area contributed by atoms with Gasteiger partial charge in [0.15, 0.2) is 5.82 Å². The number of nitrogens with zero attached hydrogens (tertiary/aromatic N) is 1. The fourth-order valence-corrected chi connectivity index (χ4v) is 1.34. The minimum atomic E-state index is -0.333. The Kier molecular flexibility index (Phi) is 4.56. The second-order valence-electron chi connectivity index (χ2n) is 3.41. The second kappa shape index (κ2) is 5.93. The molecule has 94 valence electrons. The number of rotatable bonds is 5. The molecule has 0 spiro atoms. The first-order chi connectivity index (χ1) is 8.08. The smallest absolute Gasteiger partial charge is 0.325 e. The Labute approximate surface area is 100 Å². The van der Waals surface area contributed by atoms with Crippen molar-refractivity contribution in [3.05, 3.63) is 11.6 Å². The molecule has 0 unspecified atom stereocenters. The van der Waals surface area contributed by atoms with Gasteiger partial charge in [0.05, 0.1) is 19.4 Å². The lowest BCUT2D eigenvalue weighted by atomic mass is 10.2. The number of methoxy groups -OCH3 is 1. The average Bonchev–Trinajstić information content (AvgIpc) is 2.30. The van der Waals surface area contributed by atoms with Gasteiger partial charge in [-0.15, -0.1) is 0 Å². The van der Waals surface area contributed by atoms with E-state index in [9.17, 15) is 4.79 Å². The first-order valence-electron chi connectivity index (χ1n) is 5.29. The molecule has 0 aliphatic rings. The molecule has 1 aromatic rings. The van der Waals surface area contributed by atoms with Crippen LogP contribution in [0, 0.1) is 6.92 Å². The van der Waals surface area contributed by atoms with E-state index in [1.807, 2.05) is 6.92 Å². The zero-order valence-corrected chi connectivity index (χ0v) is 10.2. The number of aromatic nitrogens is 1. The van der Waals surface area contributed by atoms with E-state index in [-0.39, 0.29) is 18.3 Å². The number of ether oxygens (including phenoxy) is 2. The summed E-state index contributed by atoms with van der Waals surface area (Å²) >= 11 is 0. The van der Waals surface area contributed by atoms with Gasteiger partial charge in [-0.05, 0) is 19.9 Å². The molecule has 1 aromatic heterocycles. The second-order valence-corrected chi connectivity index (χ2v) is 3.41. The van der Waals surface area contributed by atoms with Gasteiger partial charge in [-0.25, -0.2) is 0 Å². The third-order valence-electron chi connectivity index (χ3n) is 2.12. The molecule has 1 heterocycles. The first-order valence-corrected chi connectivity index (χ1v) is 5.29. The molecule has 3 N–H and O–H groups in total. The minimum absolute atomic E-state index is 0.0610. The van der Waals surface area contributed by atoms with Crippen molar-refractivity contribution in [2.45, 2.75) is 13.8 Å². The lowest BCUT2D eigenvalue weighted by Gasteiger charge is -2.11. The summed E-state index contributed by atoms with van der Waals surface area (Å²) < 4.78 is 9.83. The summed E-state index contributed by atoms with van der Waals surface area (Å²) in [5.41, 5.74) is 7.15. The van der Waals surface area contributed by atoms with Crippen molar-refractivity contribution in [1.29, 1.82) is 0 Å². The van der Waals surface area contributed by atoms with Crippen molar-refractivity contribution >= 4 is 17.5 Å². The van der Waals surface area contributed by atoms with Crippen molar-refractivity contribution in [3.63, 3.8) is 0 Å². The lowest BCUT2D eigenvalue weighted by Crippen LogP contribution is -2.17. The number of nitrogens with one attached hydrogen (secondary N) is 1. The van der Waals surface area contributed by atoms with Crippen LogP contribution in [-0.4, -0.2) is 31.2 Å². The van der Waals surface area contributed by atoms with Crippen LogP contribution < -0.4 is 15.8 Å². The van der Waals surface area contributed by atoms with Crippen LogP contribution in [0.2, 0.25) is 0 Å². The number of hydrogen-bond donors (Lipinski definition) is 2. The highest BCUT2D eigenvalue weighted by molar-refractivity contribution is 5.77. The number of nitrogens with two attached hydrogens (primary N) is 1. The Morgan fingerprint density at radius 1 is 1.59 bits per heavy atom. The Bertz CT molecular complexity index is 407. The standard InChI is InChI=1S/C11H17N3O3/c1-4-17-9(15)6-13-8-5-7(2)11(16-3)14-10(8)12/h5,13H,4,6H2,1-3H3,(H2,12,14). The number of anilines is 2. The van der Waals surface area contributed by atoms with Crippen LogP contribution in [0.1, 0.15) is 12.5 Å². The Hall–Kier alpha value is -1.98. The molecule has 17 heavy (non-hydrogen) atoms. The molecule has 6 heteroatoms. The molecule has 1 rings (SSSR count). The molecule has 0 radical (unpaired) electrons. The van der Waals surface area contributed by atoms with Crippen LogP contribution >= 0.6 is 0 Å². The highest BCUT2D eigenvalue weighted by atomic mass is 16.5. The number of carbonyl (C=O) groups is 1. The zero-order chi connectivity index (χ0) is 12.8. The molecule has 0 aromatic carbocycles. The minimum Gasteiger partial charge on any atom is -0.481 e. The topological polar surface area (TPSA) is 86.5 Å². The third kappa shape index (κ3) is 3.51. The molecular formula is C11H17N3O3. The van der Waals surface area contributed by atoms with Gasteiger partial charge >= 0.3 is 5.97 Å². The van der Waals surface area contributed by atoms with Gasteiger partial charge in [-0.3, -0.25) is 4.79 Å². The van der Waals surface area contributed by atoms with Crippen LogP contribution in [0.5, 0.6) is 5.88 Å². The largest absolute Gasteiger partial charge is 0.481 e. The normalized spacial score (nSPS) is 9.82. The van der Waals surface area contributed by atoms with Gasteiger partial charge in [0.2, 0.25) is 5.88 Å². The molecule has 0 bridgehead atoms. The number of hydrogen-bond acceptors (Lipinski definition) is 6. The number of aryl methyl sites for hydroxylation is 1. The highest BCUT2D eigenvalue weighted by Crippen LogP contribution is 2.24. The van der Waals surface area contributed by atoms with E-state index in [2.05, 4.69) is 10.3 Å².